The summed E-state index contributed by atoms with van der Waals surface area (Å²) in [6, 6.07) is 13.7. The predicted octanol–water partition coefficient (Wildman–Crippen LogP) is 1.99. The molecule has 120 valence electrons. The zero-order valence-corrected chi connectivity index (χ0v) is 12.1. The van der Waals surface area contributed by atoms with Gasteiger partial charge in [0.15, 0.2) is 0 Å². The van der Waals surface area contributed by atoms with Crippen molar-refractivity contribution in [3.8, 4) is 0 Å². The number of halogens is 1. The number of aliphatic carboxylic acids is 1. The number of hydrogen-bond donors (Lipinski definition) is 3. The van der Waals surface area contributed by atoms with Crippen LogP contribution in [0.5, 0.6) is 0 Å². The third-order valence-electron chi connectivity index (χ3n) is 3.44. The van der Waals surface area contributed by atoms with Gasteiger partial charge in [-0.1, -0.05) is 36.4 Å². The first-order valence-electron chi connectivity index (χ1n) is 6.99. The van der Waals surface area contributed by atoms with Crippen LogP contribution in [-0.2, 0) is 4.79 Å². The van der Waals surface area contributed by atoms with Crippen molar-refractivity contribution in [3.05, 3.63) is 71.5 Å². The second-order valence-corrected chi connectivity index (χ2v) is 4.99. The van der Waals surface area contributed by atoms with Crippen LogP contribution in [-0.4, -0.2) is 28.6 Å². The lowest BCUT2D eigenvalue weighted by atomic mass is 9.95. The molecule has 2 aromatic rings. The molecular weight excluding hydrogens is 301 g/mol. The van der Waals surface area contributed by atoms with Crippen LogP contribution in [0.4, 0.5) is 4.39 Å². The average molecular weight is 317 g/mol. The van der Waals surface area contributed by atoms with Crippen LogP contribution in [0.1, 0.15) is 22.0 Å². The molecular formula is C17H16FNO4. The van der Waals surface area contributed by atoms with E-state index in [9.17, 15) is 24.2 Å². The fourth-order valence-corrected chi connectivity index (χ4v) is 2.16. The standard InChI is InChI=1S/C17H16FNO4/c18-14-9-5-4-8-12(14)15(20)13(17(22)23)10-19-16(21)11-6-2-1-3-7-11/h1-9,13,15,20H,10H2,(H,19,21)(H,22,23)/t13-,15-/m1/s1. The number of aliphatic hydroxyl groups is 1. The van der Waals surface area contributed by atoms with E-state index >= 15 is 0 Å². The minimum Gasteiger partial charge on any atom is -0.481 e. The summed E-state index contributed by atoms with van der Waals surface area (Å²) in [5, 5.41) is 21.8. The average Bonchev–Trinajstić information content (AvgIpc) is 2.55. The minimum absolute atomic E-state index is 0.117. The zero-order chi connectivity index (χ0) is 16.8. The molecule has 1 amide bonds. The molecule has 0 saturated carbocycles. The highest BCUT2D eigenvalue weighted by Crippen LogP contribution is 2.24. The maximum Gasteiger partial charge on any atom is 0.311 e. The Labute approximate surface area is 132 Å². The summed E-state index contributed by atoms with van der Waals surface area (Å²) in [4.78, 5) is 23.3. The van der Waals surface area contributed by atoms with Crippen molar-refractivity contribution in [1.82, 2.24) is 5.32 Å². The summed E-state index contributed by atoms with van der Waals surface area (Å²) < 4.78 is 13.7. The summed E-state index contributed by atoms with van der Waals surface area (Å²) in [7, 11) is 0. The molecule has 2 rings (SSSR count). The van der Waals surface area contributed by atoms with Crippen LogP contribution in [0.25, 0.3) is 0 Å². The van der Waals surface area contributed by atoms with Gasteiger partial charge in [0.1, 0.15) is 11.7 Å². The van der Waals surface area contributed by atoms with Crippen LogP contribution in [0.3, 0.4) is 0 Å². The van der Waals surface area contributed by atoms with E-state index in [1.54, 1.807) is 30.3 Å². The first kappa shape index (κ1) is 16.6. The van der Waals surface area contributed by atoms with E-state index in [1.165, 1.54) is 18.2 Å². The molecule has 6 heteroatoms. The van der Waals surface area contributed by atoms with Crippen molar-refractivity contribution >= 4 is 11.9 Å². The van der Waals surface area contributed by atoms with E-state index in [1.807, 2.05) is 0 Å². The van der Waals surface area contributed by atoms with Gasteiger partial charge < -0.3 is 15.5 Å². The highest BCUT2D eigenvalue weighted by atomic mass is 19.1. The summed E-state index contributed by atoms with van der Waals surface area (Å²) in [5.41, 5.74) is 0.255. The van der Waals surface area contributed by atoms with E-state index in [-0.39, 0.29) is 12.1 Å². The summed E-state index contributed by atoms with van der Waals surface area (Å²) >= 11 is 0. The fourth-order valence-electron chi connectivity index (χ4n) is 2.16. The number of amides is 1. The summed E-state index contributed by atoms with van der Waals surface area (Å²) in [6.45, 7) is -0.321. The highest BCUT2D eigenvalue weighted by molar-refractivity contribution is 5.94. The molecule has 0 aliphatic rings. The van der Waals surface area contributed by atoms with Gasteiger partial charge in [-0.05, 0) is 18.2 Å². The van der Waals surface area contributed by atoms with Gasteiger partial charge in [0.05, 0.1) is 6.10 Å². The lowest BCUT2D eigenvalue weighted by Crippen LogP contribution is -2.36. The number of aliphatic hydroxyl groups excluding tert-OH is 1. The molecule has 0 unspecified atom stereocenters. The lowest BCUT2D eigenvalue weighted by molar-refractivity contribution is -0.145. The third-order valence-corrected chi connectivity index (χ3v) is 3.44. The molecule has 5 nitrogen and oxygen atoms in total. The van der Waals surface area contributed by atoms with Crippen LogP contribution in [0.2, 0.25) is 0 Å². The topological polar surface area (TPSA) is 86.6 Å². The van der Waals surface area contributed by atoms with Gasteiger partial charge in [0.2, 0.25) is 0 Å². The zero-order valence-electron chi connectivity index (χ0n) is 12.1. The van der Waals surface area contributed by atoms with E-state index in [0.29, 0.717) is 5.56 Å². The quantitative estimate of drug-likeness (QED) is 0.760. The van der Waals surface area contributed by atoms with Crippen LogP contribution in [0, 0.1) is 11.7 Å². The Morgan fingerprint density at radius 1 is 1.04 bits per heavy atom. The van der Waals surface area contributed by atoms with E-state index < -0.39 is 29.7 Å². The number of benzene rings is 2. The second kappa shape index (κ2) is 7.51. The highest BCUT2D eigenvalue weighted by Gasteiger charge is 2.30. The van der Waals surface area contributed by atoms with Crippen LogP contribution < -0.4 is 5.32 Å². The number of carboxylic acid groups (broad SMARTS) is 1. The fraction of sp³-hybridized carbons (Fsp3) is 0.176. The van der Waals surface area contributed by atoms with Crippen molar-refractivity contribution in [2.24, 2.45) is 5.92 Å². The molecule has 3 N–H and O–H groups in total. The number of carbonyl (C=O) groups excluding carboxylic acids is 1. The Balaban J connectivity index is 2.09. The maximum absolute atomic E-state index is 13.7. The van der Waals surface area contributed by atoms with Gasteiger partial charge in [-0.3, -0.25) is 9.59 Å². The van der Waals surface area contributed by atoms with Gasteiger partial charge in [0.25, 0.3) is 5.91 Å². The SMILES string of the molecule is O=C(NC[C@@H](C(=O)O)[C@H](O)c1ccccc1F)c1ccccc1. The van der Waals surface area contributed by atoms with E-state index in [2.05, 4.69) is 5.32 Å². The molecule has 2 aromatic carbocycles. The molecule has 0 fully saturated rings. The van der Waals surface area contributed by atoms with Crippen molar-refractivity contribution in [2.45, 2.75) is 6.10 Å². The van der Waals surface area contributed by atoms with Crippen LogP contribution in [0.15, 0.2) is 54.6 Å². The first-order valence-corrected chi connectivity index (χ1v) is 6.99. The van der Waals surface area contributed by atoms with Crippen molar-refractivity contribution in [1.29, 1.82) is 0 Å². The number of carbonyl (C=O) groups is 2. The molecule has 0 aliphatic carbocycles. The Morgan fingerprint density at radius 3 is 2.26 bits per heavy atom. The Hall–Kier alpha value is -2.73. The molecule has 0 aliphatic heterocycles. The van der Waals surface area contributed by atoms with Gasteiger partial charge >= 0.3 is 5.97 Å². The normalized spacial score (nSPS) is 13.1. The largest absolute Gasteiger partial charge is 0.481 e. The molecule has 0 radical (unpaired) electrons. The van der Waals surface area contributed by atoms with Gasteiger partial charge in [-0.25, -0.2) is 4.39 Å². The van der Waals surface area contributed by atoms with Gasteiger partial charge in [0, 0.05) is 17.7 Å². The predicted molar refractivity (Wildman–Crippen MR) is 81.3 cm³/mol. The minimum atomic E-state index is -1.57. The molecule has 0 heterocycles. The number of rotatable bonds is 6. The third kappa shape index (κ3) is 4.14. The van der Waals surface area contributed by atoms with E-state index in [4.69, 9.17) is 0 Å². The Bertz CT molecular complexity index is 690. The lowest BCUT2D eigenvalue weighted by Gasteiger charge is -2.20. The van der Waals surface area contributed by atoms with E-state index in [0.717, 1.165) is 6.07 Å². The monoisotopic (exact) mass is 317 g/mol. The molecule has 2 atom stereocenters. The Morgan fingerprint density at radius 2 is 1.65 bits per heavy atom. The van der Waals surface area contributed by atoms with Crippen LogP contribution >= 0.6 is 0 Å². The number of carboxylic acids is 1. The molecule has 23 heavy (non-hydrogen) atoms. The van der Waals surface area contributed by atoms with Crippen molar-refractivity contribution in [3.63, 3.8) is 0 Å². The molecule has 0 spiro atoms. The maximum atomic E-state index is 13.7. The number of nitrogens with one attached hydrogen (secondary N) is 1. The summed E-state index contributed by atoms with van der Waals surface area (Å²) in [6.07, 6.45) is -1.57. The molecule has 0 aromatic heterocycles. The van der Waals surface area contributed by atoms with Gasteiger partial charge in [-0.2, -0.15) is 0 Å². The number of hydrogen-bond acceptors (Lipinski definition) is 3. The second-order valence-electron chi connectivity index (χ2n) is 4.99. The first-order chi connectivity index (χ1) is 11.0. The smallest absolute Gasteiger partial charge is 0.311 e. The van der Waals surface area contributed by atoms with Crippen molar-refractivity contribution < 1.29 is 24.2 Å². The Kier molecular flexibility index (Phi) is 5.43. The van der Waals surface area contributed by atoms with Gasteiger partial charge in [-0.15, -0.1) is 0 Å². The molecule has 0 saturated heterocycles. The molecule has 0 bridgehead atoms. The summed E-state index contributed by atoms with van der Waals surface area (Å²) in [5.74, 6) is -3.84. The van der Waals surface area contributed by atoms with Crippen molar-refractivity contribution in [2.75, 3.05) is 6.54 Å².